The minimum atomic E-state index is -0.0632. The zero-order valence-corrected chi connectivity index (χ0v) is 10.7. The van der Waals surface area contributed by atoms with Crippen molar-refractivity contribution in [3.8, 4) is 0 Å². The molecule has 1 aliphatic rings. The van der Waals surface area contributed by atoms with E-state index in [1.54, 1.807) is 23.9 Å². The fourth-order valence-electron chi connectivity index (χ4n) is 1.92. The van der Waals surface area contributed by atoms with Gasteiger partial charge in [-0.15, -0.1) is 0 Å². The summed E-state index contributed by atoms with van der Waals surface area (Å²) in [5, 5.41) is 6.73. The van der Waals surface area contributed by atoms with E-state index in [9.17, 15) is 4.79 Å². The Morgan fingerprint density at radius 3 is 3.05 bits per heavy atom. The number of aryl methyl sites for hydroxylation is 1. The average molecular weight is 261 g/mol. The van der Waals surface area contributed by atoms with Gasteiger partial charge in [0, 0.05) is 31.4 Å². The van der Waals surface area contributed by atoms with Crippen molar-refractivity contribution in [3.05, 3.63) is 34.5 Å². The first-order chi connectivity index (χ1) is 9.24. The maximum Gasteiger partial charge on any atom is 0.293 e. The van der Waals surface area contributed by atoms with Gasteiger partial charge in [0.05, 0.1) is 0 Å². The second kappa shape index (κ2) is 4.83. The Balaban J connectivity index is 1.63. The van der Waals surface area contributed by atoms with Crippen molar-refractivity contribution in [2.45, 2.75) is 32.2 Å². The number of nitrogens with zero attached hydrogens (tertiary/aromatic N) is 4. The number of hydrogen-bond acceptors (Lipinski definition) is 6. The summed E-state index contributed by atoms with van der Waals surface area (Å²) in [6.07, 6.45) is 6.11. The molecule has 0 atom stereocenters. The lowest BCUT2D eigenvalue weighted by Gasteiger charge is -2.06. The van der Waals surface area contributed by atoms with E-state index in [1.165, 1.54) is 0 Å². The van der Waals surface area contributed by atoms with Gasteiger partial charge in [-0.3, -0.25) is 4.79 Å². The van der Waals surface area contributed by atoms with Crippen LogP contribution in [0.5, 0.6) is 0 Å². The van der Waals surface area contributed by atoms with Gasteiger partial charge in [0.15, 0.2) is 11.6 Å². The van der Waals surface area contributed by atoms with Crippen molar-refractivity contribution in [1.29, 1.82) is 0 Å². The molecule has 7 nitrogen and oxygen atoms in total. The van der Waals surface area contributed by atoms with Gasteiger partial charge in [0.2, 0.25) is 5.89 Å². The van der Waals surface area contributed by atoms with E-state index in [2.05, 4.69) is 20.4 Å². The molecule has 2 heterocycles. The number of hydrogen-bond donors (Lipinski definition) is 1. The molecule has 0 unspecified atom stereocenters. The molecule has 1 aliphatic carbocycles. The zero-order chi connectivity index (χ0) is 13.2. The quantitative estimate of drug-likeness (QED) is 0.861. The molecule has 0 saturated heterocycles. The lowest BCUT2D eigenvalue weighted by Crippen LogP contribution is -2.24. The molecule has 0 aliphatic heterocycles. The molecule has 0 amide bonds. The topological polar surface area (TPSA) is 85.8 Å². The molecule has 0 aromatic carbocycles. The van der Waals surface area contributed by atoms with E-state index in [0.717, 1.165) is 12.8 Å². The summed E-state index contributed by atoms with van der Waals surface area (Å²) < 4.78 is 6.74. The highest BCUT2D eigenvalue weighted by Gasteiger charge is 2.25. The van der Waals surface area contributed by atoms with Crippen LogP contribution in [0, 0.1) is 6.92 Å². The third-order valence-corrected chi connectivity index (χ3v) is 3.01. The maximum absolute atomic E-state index is 12.1. The second-order valence-electron chi connectivity index (χ2n) is 4.63. The van der Waals surface area contributed by atoms with Crippen LogP contribution >= 0.6 is 0 Å². The molecule has 2 aromatic rings. The van der Waals surface area contributed by atoms with Gasteiger partial charge in [-0.2, -0.15) is 4.98 Å². The van der Waals surface area contributed by atoms with Crippen molar-refractivity contribution in [1.82, 2.24) is 19.7 Å². The van der Waals surface area contributed by atoms with Crippen molar-refractivity contribution in [2.24, 2.45) is 0 Å². The Kier molecular flexibility index (Phi) is 3.02. The zero-order valence-electron chi connectivity index (χ0n) is 10.7. The number of rotatable bonds is 5. The van der Waals surface area contributed by atoms with Gasteiger partial charge in [-0.1, -0.05) is 5.16 Å². The SMILES string of the molecule is Cc1noc(CCNc2nccn(C3CC3)c2=O)n1. The molecule has 1 saturated carbocycles. The van der Waals surface area contributed by atoms with E-state index < -0.39 is 0 Å². The van der Waals surface area contributed by atoms with Crippen molar-refractivity contribution < 1.29 is 4.52 Å². The van der Waals surface area contributed by atoms with Gasteiger partial charge in [0.1, 0.15) is 0 Å². The fourth-order valence-corrected chi connectivity index (χ4v) is 1.92. The molecule has 0 radical (unpaired) electrons. The largest absolute Gasteiger partial charge is 0.365 e. The Morgan fingerprint density at radius 2 is 2.37 bits per heavy atom. The molecular formula is C12H15N5O2. The second-order valence-corrected chi connectivity index (χ2v) is 4.63. The monoisotopic (exact) mass is 261 g/mol. The maximum atomic E-state index is 12.1. The number of aromatic nitrogens is 4. The minimum absolute atomic E-state index is 0.0632. The fraction of sp³-hybridized carbons (Fsp3) is 0.500. The Hall–Kier alpha value is -2.18. The average Bonchev–Trinajstić information content (AvgIpc) is 3.15. The van der Waals surface area contributed by atoms with E-state index in [0.29, 0.717) is 36.5 Å². The summed E-state index contributed by atoms with van der Waals surface area (Å²) in [5.74, 6) is 1.55. The molecule has 3 rings (SSSR count). The third-order valence-electron chi connectivity index (χ3n) is 3.01. The summed E-state index contributed by atoms with van der Waals surface area (Å²) in [6.45, 7) is 2.31. The Bertz CT molecular complexity index is 629. The Labute approximate surface area is 109 Å². The highest BCUT2D eigenvalue weighted by atomic mass is 16.5. The van der Waals surface area contributed by atoms with Crippen LogP contribution in [0.25, 0.3) is 0 Å². The van der Waals surface area contributed by atoms with Crippen LogP contribution in [-0.2, 0) is 6.42 Å². The first-order valence-corrected chi connectivity index (χ1v) is 6.34. The van der Waals surface area contributed by atoms with Crippen molar-refractivity contribution in [3.63, 3.8) is 0 Å². The lowest BCUT2D eigenvalue weighted by molar-refractivity contribution is 0.377. The first-order valence-electron chi connectivity index (χ1n) is 6.34. The molecule has 19 heavy (non-hydrogen) atoms. The predicted octanol–water partition coefficient (Wildman–Crippen LogP) is 0.924. The van der Waals surface area contributed by atoms with Crippen LogP contribution < -0.4 is 10.9 Å². The third kappa shape index (κ3) is 2.64. The van der Waals surface area contributed by atoms with Crippen LogP contribution in [0.4, 0.5) is 5.82 Å². The molecule has 2 aromatic heterocycles. The molecule has 0 bridgehead atoms. The summed E-state index contributed by atoms with van der Waals surface area (Å²) in [7, 11) is 0. The normalized spacial score (nSPS) is 14.6. The lowest BCUT2D eigenvalue weighted by atomic mass is 10.4. The van der Waals surface area contributed by atoms with Gasteiger partial charge >= 0.3 is 0 Å². The van der Waals surface area contributed by atoms with Gasteiger partial charge < -0.3 is 14.4 Å². The first kappa shape index (κ1) is 11.9. The van der Waals surface area contributed by atoms with E-state index in [1.807, 2.05) is 0 Å². The highest BCUT2D eigenvalue weighted by Crippen LogP contribution is 2.33. The summed E-state index contributed by atoms with van der Waals surface area (Å²) in [4.78, 5) is 20.3. The van der Waals surface area contributed by atoms with Crippen LogP contribution in [0.1, 0.15) is 30.6 Å². The van der Waals surface area contributed by atoms with E-state index >= 15 is 0 Å². The summed E-state index contributed by atoms with van der Waals surface area (Å²) in [6, 6.07) is 0.356. The molecular weight excluding hydrogens is 246 g/mol. The van der Waals surface area contributed by atoms with Crippen LogP contribution in [0.2, 0.25) is 0 Å². The van der Waals surface area contributed by atoms with Gasteiger partial charge in [0.25, 0.3) is 5.56 Å². The molecule has 100 valence electrons. The summed E-state index contributed by atoms with van der Waals surface area (Å²) in [5.41, 5.74) is -0.0632. The van der Waals surface area contributed by atoms with Gasteiger partial charge in [-0.25, -0.2) is 4.98 Å². The molecule has 7 heteroatoms. The van der Waals surface area contributed by atoms with E-state index in [4.69, 9.17) is 4.52 Å². The van der Waals surface area contributed by atoms with Crippen LogP contribution in [0.15, 0.2) is 21.7 Å². The molecule has 1 fully saturated rings. The molecule has 1 N–H and O–H groups in total. The predicted molar refractivity (Wildman–Crippen MR) is 68.0 cm³/mol. The van der Waals surface area contributed by atoms with Crippen molar-refractivity contribution in [2.75, 3.05) is 11.9 Å². The molecule has 0 spiro atoms. The number of nitrogens with one attached hydrogen (secondary N) is 1. The smallest absolute Gasteiger partial charge is 0.293 e. The standard InChI is InChI=1S/C12H15N5O2/c1-8-15-10(19-16-8)4-5-13-11-12(18)17(7-6-14-11)9-2-3-9/h6-7,9H,2-5H2,1H3,(H,13,14). The number of anilines is 1. The summed E-state index contributed by atoms with van der Waals surface area (Å²) >= 11 is 0. The Morgan fingerprint density at radius 1 is 1.53 bits per heavy atom. The van der Waals surface area contributed by atoms with Crippen molar-refractivity contribution >= 4 is 5.82 Å². The highest BCUT2D eigenvalue weighted by molar-refractivity contribution is 5.31. The van der Waals surface area contributed by atoms with Crippen LogP contribution in [0.3, 0.4) is 0 Å². The van der Waals surface area contributed by atoms with E-state index in [-0.39, 0.29) is 5.56 Å². The van der Waals surface area contributed by atoms with Crippen LogP contribution in [-0.4, -0.2) is 26.2 Å². The van der Waals surface area contributed by atoms with Gasteiger partial charge in [-0.05, 0) is 19.8 Å². The minimum Gasteiger partial charge on any atom is -0.365 e.